The highest BCUT2D eigenvalue weighted by molar-refractivity contribution is 6.37. The highest BCUT2D eigenvalue weighted by Gasteiger charge is 2.32. The van der Waals surface area contributed by atoms with Crippen LogP contribution in [-0.2, 0) is 0 Å². The second-order valence-electron chi connectivity index (χ2n) is 5.89. The average molecular weight is 331 g/mol. The van der Waals surface area contributed by atoms with Gasteiger partial charge in [-0.25, -0.2) is 4.39 Å². The molecule has 23 heavy (non-hydrogen) atoms. The van der Waals surface area contributed by atoms with E-state index in [9.17, 15) is 4.39 Å². The summed E-state index contributed by atoms with van der Waals surface area (Å²) in [6.45, 7) is 1.61. The van der Waals surface area contributed by atoms with Crippen molar-refractivity contribution in [3.05, 3.63) is 64.2 Å². The molecule has 3 N–H and O–H groups in total. The van der Waals surface area contributed by atoms with Gasteiger partial charge in [-0.15, -0.1) is 0 Å². The first-order valence-corrected chi connectivity index (χ1v) is 7.88. The van der Waals surface area contributed by atoms with Gasteiger partial charge < -0.3 is 16.0 Å². The summed E-state index contributed by atoms with van der Waals surface area (Å²) in [7, 11) is 0. The minimum absolute atomic E-state index is 0.166. The molecule has 118 valence electrons. The fraction of sp³-hybridized carbons (Fsp3) is 0.235. The summed E-state index contributed by atoms with van der Waals surface area (Å²) in [6.07, 6.45) is 5.46. The van der Waals surface area contributed by atoms with Crippen LogP contribution in [0.1, 0.15) is 5.56 Å². The fourth-order valence-electron chi connectivity index (χ4n) is 3.09. The number of rotatable bonds is 2. The standard InChI is InChI=1S/C17H16ClFN4/c18-14-5-13-16(6-12(14)11-3-1-2-4-15(11)19)21-9-22-17(13)23-7-10(20)8-23/h1-6,9-10,16H,7-8,20H2,(H,21,22). The van der Waals surface area contributed by atoms with E-state index in [2.05, 4.69) is 15.2 Å². The Morgan fingerprint density at radius 3 is 2.83 bits per heavy atom. The van der Waals surface area contributed by atoms with E-state index in [-0.39, 0.29) is 17.9 Å². The number of hydrogen-bond acceptors (Lipinski definition) is 4. The van der Waals surface area contributed by atoms with Crippen molar-refractivity contribution in [2.75, 3.05) is 13.1 Å². The molecule has 3 aliphatic rings. The lowest BCUT2D eigenvalue weighted by atomic mass is 9.91. The van der Waals surface area contributed by atoms with Gasteiger partial charge >= 0.3 is 0 Å². The quantitative estimate of drug-likeness (QED) is 0.874. The molecule has 0 bridgehead atoms. The van der Waals surface area contributed by atoms with Crippen LogP contribution in [0.25, 0.3) is 5.57 Å². The zero-order valence-corrected chi connectivity index (χ0v) is 13.1. The summed E-state index contributed by atoms with van der Waals surface area (Å²) in [5.74, 6) is 0.693. The van der Waals surface area contributed by atoms with E-state index in [1.54, 1.807) is 24.5 Å². The lowest BCUT2D eigenvalue weighted by Gasteiger charge is -2.42. The molecular formula is C17H16ClFN4. The van der Waals surface area contributed by atoms with Crippen molar-refractivity contribution >= 4 is 23.5 Å². The third-order valence-electron chi connectivity index (χ3n) is 4.28. The van der Waals surface area contributed by atoms with Crippen molar-refractivity contribution < 1.29 is 4.39 Å². The van der Waals surface area contributed by atoms with E-state index in [4.69, 9.17) is 17.3 Å². The van der Waals surface area contributed by atoms with E-state index < -0.39 is 0 Å². The largest absolute Gasteiger partial charge is 0.355 e. The molecule has 1 aromatic carbocycles. The van der Waals surface area contributed by atoms with E-state index >= 15 is 0 Å². The van der Waals surface area contributed by atoms with Crippen LogP contribution in [0.15, 0.2) is 57.8 Å². The van der Waals surface area contributed by atoms with Crippen LogP contribution < -0.4 is 11.1 Å². The molecule has 1 aliphatic carbocycles. The fourth-order valence-corrected chi connectivity index (χ4v) is 3.37. The van der Waals surface area contributed by atoms with Gasteiger partial charge in [-0.05, 0) is 18.2 Å². The maximum absolute atomic E-state index is 14.1. The third-order valence-corrected chi connectivity index (χ3v) is 4.60. The molecule has 1 atom stereocenters. The average Bonchev–Trinajstić information content (AvgIpc) is 2.52. The monoisotopic (exact) mass is 330 g/mol. The van der Waals surface area contributed by atoms with Gasteiger partial charge in [0.05, 0.1) is 12.4 Å². The van der Waals surface area contributed by atoms with E-state index in [1.807, 2.05) is 12.2 Å². The Morgan fingerprint density at radius 1 is 1.30 bits per heavy atom. The lowest BCUT2D eigenvalue weighted by Crippen LogP contribution is -2.57. The molecule has 2 heterocycles. The molecule has 1 fully saturated rings. The normalized spacial score (nSPS) is 23.8. The predicted octanol–water partition coefficient (Wildman–Crippen LogP) is 2.20. The molecule has 0 amide bonds. The van der Waals surface area contributed by atoms with Crippen LogP contribution >= 0.6 is 11.6 Å². The lowest BCUT2D eigenvalue weighted by molar-refractivity contribution is 0.190. The number of nitrogens with one attached hydrogen (secondary N) is 1. The molecule has 4 rings (SSSR count). The Labute approximate surface area is 138 Å². The zero-order chi connectivity index (χ0) is 16.0. The summed E-state index contributed by atoms with van der Waals surface area (Å²) in [5.41, 5.74) is 8.03. The van der Waals surface area contributed by atoms with Crippen LogP contribution in [0, 0.1) is 5.82 Å². The number of fused-ring (bicyclic) bond motifs is 1. The van der Waals surface area contributed by atoms with E-state index in [1.165, 1.54) is 6.07 Å². The summed E-state index contributed by atoms with van der Waals surface area (Å²) in [4.78, 5) is 6.61. The first-order valence-electron chi connectivity index (χ1n) is 7.50. The van der Waals surface area contributed by atoms with Crippen molar-refractivity contribution in [1.82, 2.24) is 10.2 Å². The molecule has 0 aromatic heterocycles. The van der Waals surface area contributed by atoms with Crippen molar-refractivity contribution in [3.8, 4) is 0 Å². The summed E-state index contributed by atoms with van der Waals surface area (Å²) in [6, 6.07) is 6.66. The summed E-state index contributed by atoms with van der Waals surface area (Å²) < 4.78 is 14.1. The molecule has 6 heteroatoms. The minimum atomic E-state index is -0.287. The highest BCUT2D eigenvalue weighted by Crippen LogP contribution is 2.37. The maximum atomic E-state index is 14.1. The molecular weight excluding hydrogens is 315 g/mol. The number of nitrogens with two attached hydrogens (primary N) is 1. The molecule has 4 nitrogen and oxygen atoms in total. The Kier molecular flexibility index (Phi) is 3.47. The minimum Gasteiger partial charge on any atom is -0.355 e. The Hall–Kier alpha value is -2.11. The van der Waals surface area contributed by atoms with Gasteiger partial charge in [0, 0.05) is 40.9 Å². The van der Waals surface area contributed by atoms with Crippen molar-refractivity contribution in [2.24, 2.45) is 10.7 Å². The second-order valence-corrected chi connectivity index (χ2v) is 6.30. The van der Waals surface area contributed by atoms with Gasteiger partial charge in [-0.2, -0.15) is 0 Å². The van der Waals surface area contributed by atoms with Crippen LogP contribution in [0.5, 0.6) is 0 Å². The van der Waals surface area contributed by atoms with Crippen molar-refractivity contribution in [1.29, 1.82) is 0 Å². The molecule has 0 radical (unpaired) electrons. The third kappa shape index (κ3) is 2.46. The van der Waals surface area contributed by atoms with Crippen LogP contribution in [-0.4, -0.2) is 36.4 Å². The molecule has 2 aliphatic heterocycles. The van der Waals surface area contributed by atoms with Crippen molar-refractivity contribution in [3.63, 3.8) is 0 Å². The van der Waals surface area contributed by atoms with Gasteiger partial charge in [0.15, 0.2) is 0 Å². The smallest absolute Gasteiger partial charge is 0.131 e. The van der Waals surface area contributed by atoms with Gasteiger partial charge in [-0.1, -0.05) is 29.8 Å². The second kappa shape index (κ2) is 5.51. The Bertz CT molecular complexity index is 775. The molecule has 1 unspecified atom stereocenters. The number of benzene rings is 1. The Morgan fingerprint density at radius 2 is 2.09 bits per heavy atom. The van der Waals surface area contributed by atoms with E-state index in [0.29, 0.717) is 16.2 Å². The van der Waals surface area contributed by atoms with E-state index in [0.717, 1.165) is 24.5 Å². The first kappa shape index (κ1) is 14.5. The van der Waals surface area contributed by atoms with Crippen LogP contribution in [0.3, 0.4) is 0 Å². The van der Waals surface area contributed by atoms with Crippen LogP contribution in [0.2, 0.25) is 0 Å². The number of nitrogens with zero attached hydrogens (tertiary/aromatic N) is 2. The maximum Gasteiger partial charge on any atom is 0.131 e. The molecule has 0 saturated carbocycles. The summed E-state index contributed by atoms with van der Waals surface area (Å²) in [5, 5.41) is 3.70. The molecule has 1 saturated heterocycles. The topological polar surface area (TPSA) is 53.6 Å². The molecule has 1 aromatic rings. The number of hydrogen-bond donors (Lipinski definition) is 2. The van der Waals surface area contributed by atoms with Gasteiger partial charge in [-0.3, -0.25) is 4.99 Å². The Balaban J connectivity index is 1.73. The van der Waals surface area contributed by atoms with Gasteiger partial charge in [0.25, 0.3) is 0 Å². The number of allylic oxidation sites excluding steroid dienone is 2. The highest BCUT2D eigenvalue weighted by atomic mass is 35.5. The van der Waals surface area contributed by atoms with Gasteiger partial charge in [0.1, 0.15) is 11.6 Å². The zero-order valence-electron chi connectivity index (χ0n) is 12.3. The predicted molar refractivity (Wildman–Crippen MR) is 90.3 cm³/mol. The SMILES string of the molecule is NC1CN(C2=C3C=C(Cl)C(c4ccccc4F)=CC3N=CN2)C1. The number of likely N-dealkylation sites (tertiary alicyclic amines) is 1. The summed E-state index contributed by atoms with van der Waals surface area (Å²) >= 11 is 6.44. The van der Waals surface area contributed by atoms with Crippen molar-refractivity contribution in [2.45, 2.75) is 12.1 Å². The molecule has 0 spiro atoms. The first-order chi connectivity index (χ1) is 11.1. The number of halogens is 2. The van der Waals surface area contributed by atoms with Gasteiger partial charge in [0.2, 0.25) is 0 Å². The van der Waals surface area contributed by atoms with Crippen LogP contribution in [0.4, 0.5) is 4.39 Å². The number of aliphatic imine (C=N–C) groups is 1.